The van der Waals surface area contributed by atoms with E-state index in [1.54, 1.807) is 16.6 Å². The number of hydrogen-bond acceptors (Lipinski definition) is 3. The molecular weight excluding hydrogens is 310 g/mol. The van der Waals surface area contributed by atoms with Crippen molar-refractivity contribution in [3.8, 4) is 0 Å². The van der Waals surface area contributed by atoms with Gasteiger partial charge < -0.3 is 9.47 Å². The largest absolute Gasteiger partial charge is 0.346 e. The van der Waals surface area contributed by atoms with Gasteiger partial charge in [-0.2, -0.15) is 4.31 Å². The van der Waals surface area contributed by atoms with E-state index in [-0.39, 0.29) is 0 Å². The van der Waals surface area contributed by atoms with Crippen LogP contribution in [0, 0.1) is 0 Å². The Morgan fingerprint density at radius 3 is 2.67 bits per heavy atom. The Morgan fingerprint density at radius 2 is 2.00 bits per heavy atom. The summed E-state index contributed by atoms with van der Waals surface area (Å²) in [6.07, 6.45) is 4.89. The van der Waals surface area contributed by atoms with Crippen LogP contribution in [0.4, 0.5) is 0 Å². The molecule has 1 aliphatic heterocycles. The highest BCUT2D eigenvalue weighted by molar-refractivity contribution is 7.89. The van der Waals surface area contributed by atoms with Gasteiger partial charge in [0.1, 0.15) is 4.90 Å². The summed E-state index contributed by atoms with van der Waals surface area (Å²) in [7, 11) is -1.37. The normalized spacial score (nSPS) is 22.4. The lowest BCUT2D eigenvalue weighted by molar-refractivity contribution is 0.347. The molecule has 1 aliphatic carbocycles. The first-order valence-corrected chi connectivity index (χ1v) is 9.45. The second-order valence-corrected chi connectivity index (χ2v) is 8.21. The number of alkyl halides is 1. The number of nitrogens with zero attached hydrogens (tertiary/aromatic N) is 3. The standard InChI is InChI=1S/C14H22ClN3O2S/c1-16-5-2-6-17(8-7-16)21(19,20)14-9-13(10-15)18(11-14)12-3-4-12/h9,11-12H,2-8,10H2,1H3. The van der Waals surface area contributed by atoms with E-state index in [4.69, 9.17) is 11.6 Å². The number of likely N-dealkylation sites (N-methyl/N-ethyl adjacent to an activating group) is 1. The van der Waals surface area contributed by atoms with Crippen LogP contribution in [0.3, 0.4) is 0 Å². The van der Waals surface area contributed by atoms with Crippen molar-refractivity contribution in [2.75, 3.05) is 33.2 Å². The van der Waals surface area contributed by atoms with Crippen LogP contribution in [0.25, 0.3) is 0 Å². The van der Waals surface area contributed by atoms with Gasteiger partial charge in [0.05, 0.1) is 5.88 Å². The van der Waals surface area contributed by atoms with Crippen LogP contribution >= 0.6 is 11.6 Å². The van der Waals surface area contributed by atoms with Gasteiger partial charge in [-0.3, -0.25) is 0 Å². The van der Waals surface area contributed by atoms with Crippen molar-refractivity contribution < 1.29 is 8.42 Å². The maximum Gasteiger partial charge on any atom is 0.244 e. The molecule has 7 heteroatoms. The molecule has 0 unspecified atom stereocenters. The van der Waals surface area contributed by atoms with Crippen LogP contribution in [-0.2, 0) is 15.9 Å². The molecule has 2 heterocycles. The molecule has 0 atom stereocenters. The molecule has 0 aromatic carbocycles. The van der Waals surface area contributed by atoms with Gasteiger partial charge >= 0.3 is 0 Å². The van der Waals surface area contributed by atoms with Crippen LogP contribution < -0.4 is 0 Å². The van der Waals surface area contributed by atoms with Crippen molar-refractivity contribution in [3.05, 3.63) is 18.0 Å². The number of hydrogen-bond donors (Lipinski definition) is 0. The van der Waals surface area contributed by atoms with Gasteiger partial charge in [-0.25, -0.2) is 8.42 Å². The highest BCUT2D eigenvalue weighted by Crippen LogP contribution is 2.38. The molecule has 0 N–H and O–H groups in total. The van der Waals surface area contributed by atoms with Gasteiger partial charge in [-0.05, 0) is 38.9 Å². The van der Waals surface area contributed by atoms with Gasteiger partial charge in [-0.15, -0.1) is 11.6 Å². The second kappa shape index (κ2) is 5.91. The van der Waals surface area contributed by atoms with Crippen molar-refractivity contribution in [1.82, 2.24) is 13.8 Å². The molecule has 0 bridgehead atoms. The zero-order valence-electron chi connectivity index (χ0n) is 12.3. The molecule has 1 aromatic heterocycles. The van der Waals surface area contributed by atoms with Crippen LogP contribution in [-0.4, -0.2) is 55.4 Å². The SMILES string of the molecule is CN1CCCN(S(=O)(=O)c2cc(CCl)n(C3CC3)c2)CC1. The number of aromatic nitrogens is 1. The lowest BCUT2D eigenvalue weighted by Crippen LogP contribution is -2.34. The van der Waals surface area contributed by atoms with E-state index in [2.05, 4.69) is 4.90 Å². The topological polar surface area (TPSA) is 45.6 Å². The van der Waals surface area contributed by atoms with E-state index in [0.29, 0.717) is 29.9 Å². The van der Waals surface area contributed by atoms with Crippen molar-refractivity contribution in [2.45, 2.75) is 36.1 Å². The first-order valence-electron chi connectivity index (χ1n) is 7.48. The lowest BCUT2D eigenvalue weighted by Gasteiger charge is -2.19. The molecule has 1 aromatic rings. The van der Waals surface area contributed by atoms with Crippen LogP contribution in [0.2, 0.25) is 0 Å². The smallest absolute Gasteiger partial charge is 0.244 e. The Labute approximate surface area is 131 Å². The number of halogens is 1. The van der Waals surface area contributed by atoms with Crippen molar-refractivity contribution in [1.29, 1.82) is 0 Å². The Hall–Kier alpha value is -0.560. The third-order valence-electron chi connectivity index (χ3n) is 4.30. The Morgan fingerprint density at radius 1 is 1.24 bits per heavy atom. The van der Waals surface area contributed by atoms with E-state index in [0.717, 1.165) is 38.0 Å². The highest BCUT2D eigenvalue weighted by Gasteiger charge is 2.31. The molecular formula is C14H22ClN3O2S. The number of rotatable bonds is 4. The molecule has 1 saturated carbocycles. The first kappa shape index (κ1) is 15.3. The summed E-state index contributed by atoms with van der Waals surface area (Å²) < 4.78 is 29.3. The minimum atomic E-state index is -3.40. The summed E-state index contributed by atoms with van der Waals surface area (Å²) in [6, 6.07) is 2.19. The highest BCUT2D eigenvalue weighted by atomic mass is 35.5. The first-order chi connectivity index (χ1) is 10.0. The Balaban J connectivity index is 1.87. The zero-order chi connectivity index (χ0) is 15.0. The number of sulfonamides is 1. The van der Waals surface area contributed by atoms with Gasteiger partial charge in [0.2, 0.25) is 10.0 Å². The minimum absolute atomic E-state index is 0.356. The summed E-state index contributed by atoms with van der Waals surface area (Å²) in [4.78, 5) is 2.57. The quantitative estimate of drug-likeness (QED) is 0.791. The predicted molar refractivity (Wildman–Crippen MR) is 83.1 cm³/mol. The molecule has 0 amide bonds. The summed E-state index contributed by atoms with van der Waals surface area (Å²) in [5.41, 5.74) is 0.907. The maximum absolute atomic E-state index is 12.8. The molecule has 21 heavy (non-hydrogen) atoms. The van der Waals surface area contributed by atoms with E-state index >= 15 is 0 Å². The van der Waals surface area contributed by atoms with Gasteiger partial charge in [0.15, 0.2) is 0 Å². The van der Waals surface area contributed by atoms with Gasteiger partial charge in [-0.1, -0.05) is 0 Å². The molecule has 2 aliphatic rings. The van der Waals surface area contributed by atoms with Crippen molar-refractivity contribution >= 4 is 21.6 Å². The molecule has 2 fully saturated rings. The third kappa shape index (κ3) is 3.13. The van der Waals surface area contributed by atoms with Crippen LogP contribution in [0.1, 0.15) is 31.0 Å². The van der Waals surface area contributed by atoms with Crippen molar-refractivity contribution in [2.24, 2.45) is 0 Å². The minimum Gasteiger partial charge on any atom is -0.346 e. The fourth-order valence-electron chi connectivity index (χ4n) is 2.85. The van der Waals surface area contributed by atoms with Crippen LogP contribution in [0.15, 0.2) is 17.2 Å². The molecule has 5 nitrogen and oxygen atoms in total. The van der Waals surface area contributed by atoms with Gasteiger partial charge in [0.25, 0.3) is 0 Å². The Bertz CT molecular complexity index is 610. The van der Waals surface area contributed by atoms with E-state index in [1.807, 2.05) is 11.6 Å². The third-order valence-corrected chi connectivity index (χ3v) is 6.44. The monoisotopic (exact) mass is 331 g/mol. The lowest BCUT2D eigenvalue weighted by atomic mass is 10.4. The maximum atomic E-state index is 12.8. The predicted octanol–water partition coefficient (Wildman–Crippen LogP) is 1.89. The molecule has 1 saturated heterocycles. The molecule has 0 spiro atoms. The summed E-state index contributed by atoms with van der Waals surface area (Å²) in [6.45, 7) is 2.88. The average molecular weight is 332 g/mol. The Kier molecular flexibility index (Phi) is 4.32. The average Bonchev–Trinajstić information content (AvgIpc) is 3.23. The zero-order valence-corrected chi connectivity index (χ0v) is 13.9. The summed E-state index contributed by atoms with van der Waals surface area (Å²) >= 11 is 5.96. The fraction of sp³-hybridized carbons (Fsp3) is 0.714. The van der Waals surface area contributed by atoms with E-state index in [9.17, 15) is 8.42 Å². The van der Waals surface area contributed by atoms with Crippen molar-refractivity contribution in [3.63, 3.8) is 0 Å². The summed E-state index contributed by atoms with van der Waals surface area (Å²) in [5, 5.41) is 0. The van der Waals surface area contributed by atoms with Gasteiger partial charge in [0, 0.05) is 37.6 Å². The molecule has 3 rings (SSSR count). The van der Waals surface area contributed by atoms with Crippen LogP contribution in [0.5, 0.6) is 0 Å². The molecule has 118 valence electrons. The second-order valence-electron chi connectivity index (χ2n) is 6.00. The molecule has 0 radical (unpaired) electrons. The summed E-state index contributed by atoms with van der Waals surface area (Å²) in [5.74, 6) is 0.356. The van der Waals surface area contributed by atoms with E-state index < -0.39 is 10.0 Å². The fourth-order valence-corrected chi connectivity index (χ4v) is 4.59. The van der Waals surface area contributed by atoms with E-state index in [1.165, 1.54) is 0 Å².